The molecule has 1 aliphatic rings. The summed E-state index contributed by atoms with van der Waals surface area (Å²) < 4.78 is 2.59. The first-order chi connectivity index (χ1) is 8.58. The highest BCUT2D eigenvalue weighted by Crippen LogP contribution is 2.26. The fraction of sp³-hybridized carbons (Fsp3) is 0.250. The molecule has 2 heterocycles. The van der Waals surface area contributed by atoms with Gasteiger partial charge in [0.15, 0.2) is 0 Å². The molecule has 1 aliphatic heterocycles. The van der Waals surface area contributed by atoms with Crippen LogP contribution in [0.1, 0.15) is 5.69 Å². The lowest BCUT2D eigenvalue weighted by molar-refractivity contribution is 0.173. The monoisotopic (exact) mass is 266 g/mol. The number of imidazole rings is 1. The Morgan fingerprint density at radius 3 is 2.83 bits per heavy atom. The summed E-state index contributed by atoms with van der Waals surface area (Å²) >= 11 is 5.87. The van der Waals surface area contributed by atoms with Gasteiger partial charge < -0.3 is 10.2 Å². The molecule has 6 heteroatoms. The van der Waals surface area contributed by atoms with Gasteiger partial charge in [0.25, 0.3) is 0 Å². The van der Waals surface area contributed by atoms with Crippen LogP contribution < -0.4 is 5.69 Å². The van der Waals surface area contributed by atoms with Crippen LogP contribution in [0.15, 0.2) is 29.1 Å². The van der Waals surface area contributed by atoms with Crippen LogP contribution in [0.5, 0.6) is 5.88 Å². The van der Waals surface area contributed by atoms with E-state index in [1.807, 2.05) is 0 Å². The summed E-state index contributed by atoms with van der Waals surface area (Å²) in [6, 6.07) is 6.70. The average molecular weight is 267 g/mol. The Balaban J connectivity index is 2.21. The van der Waals surface area contributed by atoms with Crippen molar-refractivity contribution in [3.8, 4) is 11.6 Å². The maximum Gasteiger partial charge on any atom is 0.336 e. The van der Waals surface area contributed by atoms with Crippen molar-refractivity contribution in [1.29, 1.82) is 0 Å². The topological polar surface area (TPSA) is 67.4 Å². The normalized spacial score (nSPS) is 18.0. The summed E-state index contributed by atoms with van der Waals surface area (Å²) in [6.07, 6.45) is -0.318. The number of nitrogens with zero attached hydrogens (tertiary/aromatic N) is 2. The third kappa shape index (κ3) is 1.55. The van der Waals surface area contributed by atoms with Crippen molar-refractivity contribution in [2.24, 2.45) is 0 Å². The minimum atomic E-state index is -0.604. The van der Waals surface area contributed by atoms with E-state index in [9.17, 15) is 15.0 Å². The summed E-state index contributed by atoms with van der Waals surface area (Å²) in [5, 5.41) is 20.1. The van der Waals surface area contributed by atoms with Crippen LogP contribution in [-0.4, -0.2) is 25.5 Å². The van der Waals surface area contributed by atoms with Crippen LogP contribution in [0, 0.1) is 0 Å². The fourth-order valence-electron chi connectivity index (χ4n) is 2.31. The molecule has 3 rings (SSSR count). The van der Waals surface area contributed by atoms with Gasteiger partial charge in [-0.3, -0.25) is 4.57 Å². The van der Waals surface area contributed by atoms with Crippen molar-refractivity contribution in [2.45, 2.75) is 19.1 Å². The Bertz CT molecular complexity index is 674. The van der Waals surface area contributed by atoms with E-state index < -0.39 is 6.10 Å². The van der Waals surface area contributed by atoms with Crippen LogP contribution >= 0.6 is 11.6 Å². The van der Waals surface area contributed by atoms with Crippen LogP contribution in [-0.2, 0) is 13.0 Å². The number of halogens is 1. The van der Waals surface area contributed by atoms with Gasteiger partial charge in [0.05, 0.1) is 24.0 Å². The van der Waals surface area contributed by atoms with Gasteiger partial charge in [-0.05, 0) is 18.2 Å². The molecule has 2 N–H and O–H groups in total. The first-order valence-corrected chi connectivity index (χ1v) is 5.93. The minimum absolute atomic E-state index is 0.126. The van der Waals surface area contributed by atoms with Crippen molar-refractivity contribution in [3.05, 3.63) is 45.5 Å². The number of fused-ring (bicyclic) bond motifs is 1. The third-order valence-electron chi connectivity index (χ3n) is 3.11. The predicted octanol–water partition coefficient (Wildman–Crippen LogP) is 0.915. The lowest BCUT2D eigenvalue weighted by Gasteiger charge is -2.05. The fourth-order valence-corrected chi connectivity index (χ4v) is 2.50. The van der Waals surface area contributed by atoms with Crippen LogP contribution in [0.3, 0.4) is 0 Å². The molecule has 1 aromatic carbocycles. The van der Waals surface area contributed by atoms with Gasteiger partial charge in [0, 0.05) is 11.4 Å². The lowest BCUT2D eigenvalue weighted by Crippen LogP contribution is -2.24. The maximum atomic E-state index is 12.2. The highest BCUT2D eigenvalue weighted by Gasteiger charge is 2.29. The second kappa shape index (κ2) is 3.90. The molecule has 0 bridgehead atoms. The van der Waals surface area contributed by atoms with E-state index in [1.165, 1.54) is 9.13 Å². The molecule has 94 valence electrons. The first-order valence-electron chi connectivity index (χ1n) is 5.55. The summed E-state index contributed by atoms with van der Waals surface area (Å²) in [7, 11) is 0. The number of hydrogen-bond donors (Lipinski definition) is 2. The van der Waals surface area contributed by atoms with Crippen molar-refractivity contribution < 1.29 is 10.2 Å². The largest absolute Gasteiger partial charge is 0.493 e. The van der Waals surface area contributed by atoms with E-state index >= 15 is 0 Å². The zero-order valence-corrected chi connectivity index (χ0v) is 10.1. The van der Waals surface area contributed by atoms with Crippen molar-refractivity contribution >= 4 is 11.6 Å². The van der Waals surface area contributed by atoms with E-state index in [1.54, 1.807) is 24.3 Å². The van der Waals surface area contributed by atoms with E-state index in [0.717, 1.165) is 0 Å². The van der Waals surface area contributed by atoms with E-state index in [-0.39, 0.29) is 24.5 Å². The number of benzene rings is 1. The standard InChI is InChI=1S/C12H11ClN2O3/c13-7-2-1-3-8(4-7)15-11(17)10-5-9(16)6-14(10)12(15)18/h1-4,9,16-17H,5-6H2/t9-/m1/s1. The predicted molar refractivity (Wildman–Crippen MR) is 66.4 cm³/mol. The lowest BCUT2D eigenvalue weighted by atomic mass is 10.2. The number of aliphatic hydroxyl groups is 1. The number of rotatable bonds is 1. The van der Waals surface area contributed by atoms with Crippen molar-refractivity contribution in [2.75, 3.05) is 0 Å². The third-order valence-corrected chi connectivity index (χ3v) is 3.34. The van der Waals surface area contributed by atoms with Gasteiger partial charge in [-0.15, -0.1) is 0 Å². The van der Waals surface area contributed by atoms with Gasteiger partial charge in [0.1, 0.15) is 0 Å². The van der Waals surface area contributed by atoms with Crippen LogP contribution in [0.2, 0.25) is 5.02 Å². The second-order valence-electron chi connectivity index (χ2n) is 4.34. The summed E-state index contributed by atoms with van der Waals surface area (Å²) in [5.74, 6) is -0.126. The zero-order valence-electron chi connectivity index (χ0n) is 9.38. The number of aromatic nitrogens is 2. The van der Waals surface area contributed by atoms with Gasteiger partial charge in [-0.2, -0.15) is 0 Å². The summed E-state index contributed by atoms with van der Waals surface area (Å²) in [4.78, 5) is 12.2. The van der Waals surface area contributed by atoms with Crippen molar-refractivity contribution in [1.82, 2.24) is 9.13 Å². The summed E-state index contributed by atoms with van der Waals surface area (Å²) in [5.41, 5.74) is 0.621. The molecule has 0 saturated carbocycles. The molecule has 0 amide bonds. The maximum absolute atomic E-state index is 12.2. The second-order valence-corrected chi connectivity index (χ2v) is 4.77. The van der Waals surface area contributed by atoms with Gasteiger partial charge in [0.2, 0.25) is 5.88 Å². The molecular formula is C12H11ClN2O3. The molecule has 0 aliphatic carbocycles. The van der Waals surface area contributed by atoms with Crippen LogP contribution in [0.4, 0.5) is 0 Å². The highest BCUT2D eigenvalue weighted by atomic mass is 35.5. The van der Waals surface area contributed by atoms with E-state index in [2.05, 4.69) is 0 Å². The number of hydrogen-bond acceptors (Lipinski definition) is 3. The molecule has 1 atom stereocenters. The smallest absolute Gasteiger partial charge is 0.336 e. The van der Waals surface area contributed by atoms with Gasteiger partial charge >= 0.3 is 5.69 Å². The Labute approximate surface area is 107 Å². The Morgan fingerprint density at radius 1 is 1.39 bits per heavy atom. The molecular weight excluding hydrogens is 256 g/mol. The molecule has 18 heavy (non-hydrogen) atoms. The summed E-state index contributed by atoms with van der Waals surface area (Å²) in [6.45, 7) is 0.218. The Morgan fingerprint density at radius 2 is 2.17 bits per heavy atom. The van der Waals surface area contributed by atoms with Crippen LogP contribution in [0.25, 0.3) is 5.69 Å². The average Bonchev–Trinajstić information content (AvgIpc) is 2.79. The molecule has 0 radical (unpaired) electrons. The number of aromatic hydroxyl groups is 1. The first kappa shape index (κ1) is 11.4. The number of aliphatic hydroxyl groups excluding tert-OH is 1. The molecule has 5 nitrogen and oxygen atoms in total. The zero-order chi connectivity index (χ0) is 12.9. The highest BCUT2D eigenvalue weighted by molar-refractivity contribution is 6.30. The molecule has 2 aromatic rings. The quantitative estimate of drug-likeness (QED) is 0.806. The van der Waals surface area contributed by atoms with E-state index in [0.29, 0.717) is 16.4 Å². The van der Waals surface area contributed by atoms with Gasteiger partial charge in [-0.25, -0.2) is 9.36 Å². The molecule has 0 fully saturated rings. The van der Waals surface area contributed by atoms with E-state index in [4.69, 9.17) is 11.6 Å². The molecule has 0 unspecified atom stereocenters. The van der Waals surface area contributed by atoms with Crippen molar-refractivity contribution in [3.63, 3.8) is 0 Å². The minimum Gasteiger partial charge on any atom is -0.493 e. The van der Waals surface area contributed by atoms with Gasteiger partial charge in [-0.1, -0.05) is 17.7 Å². The SMILES string of the molecule is O=c1n2c(c(O)n1-c1cccc(Cl)c1)C[C@@H](O)C2. The molecule has 0 saturated heterocycles. The Hall–Kier alpha value is -1.72. The molecule has 1 aromatic heterocycles. The molecule has 0 spiro atoms. The Kier molecular flexibility index (Phi) is 2.46.